The van der Waals surface area contributed by atoms with Gasteiger partial charge < -0.3 is 26.0 Å². The van der Waals surface area contributed by atoms with Gasteiger partial charge in [-0.05, 0) is 66.1 Å². The van der Waals surface area contributed by atoms with E-state index in [2.05, 4.69) is 20.9 Å². The second-order valence-corrected chi connectivity index (χ2v) is 10.2. The molecule has 2 aliphatic rings. The summed E-state index contributed by atoms with van der Waals surface area (Å²) in [6.07, 6.45) is 0.663. The monoisotopic (exact) mass is 565 g/mol. The van der Waals surface area contributed by atoms with E-state index < -0.39 is 12.0 Å². The number of nitrogens with one attached hydrogen (secondary N) is 3. The number of anilines is 2. The van der Waals surface area contributed by atoms with Gasteiger partial charge in [-0.1, -0.05) is 35.3 Å². The van der Waals surface area contributed by atoms with Crippen LogP contribution in [0.5, 0.6) is 0 Å². The number of benzene rings is 3. The minimum absolute atomic E-state index is 0.218. The van der Waals surface area contributed by atoms with Crippen LogP contribution in [-0.4, -0.2) is 46.8 Å². The van der Waals surface area contributed by atoms with Crippen molar-refractivity contribution < 1.29 is 19.5 Å². The highest BCUT2D eigenvalue weighted by atomic mass is 35.5. The van der Waals surface area contributed by atoms with E-state index in [0.29, 0.717) is 38.4 Å². The van der Waals surface area contributed by atoms with E-state index >= 15 is 0 Å². The van der Waals surface area contributed by atoms with E-state index in [1.807, 2.05) is 6.07 Å². The van der Waals surface area contributed by atoms with Crippen LogP contribution < -0.4 is 16.0 Å². The number of hydrogen-bond acceptors (Lipinski definition) is 6. The van der Waals surface area contributed by atoms with E-state index in [9.17, 15) is 19.5 Å². The number of carbonyl (C=O) groups is 3. The van der Waals surface area contributed by atoms with Gasteiger partial charge in [-0.3, -0.25) is 19.4 Å². The molecule has 0 aliphatic carbocycles. The summed E-state index contributed by atoms with van der Waals surface area (Å²) in [6.45, 7) is 1.80. The topological polar surface area (TPSA) is 123 Å². The number of amides is 2. The van der Waals surface area contributed by atoms with Crippen LogP contribution in [0, 0.1) is 0 Å². The Balaban J connectivity index is 1.33. The zero-order valence-electron chi connectivity index (χ0n) is 20.7. The van der Waals surface area contributed by atoms with Gasteiger partial charge in [0.25, 0.3) is 11.8 Å². The molecule has 0 bridgehead atoms. The third-order valence-corrected chi connectivity index (χ3v) is 6.93. The Labute approximate surface area is 234 Å². The van der Waals surface area contributed by atoms with Gasteiger partial charge in [0.15, 0.2) is 5.96 Å². The lowest BCUT2D eigenvalue weighted by Crippen LogP contribution is -2.35. The highest BCUT2D eigenvalue weighted by Gasteiger charge is 2.35. The second-order valence-electron chi connectivity index (χ2n) is 9.29. The molecule has 39 heavy (non-hydrogen) atoms. The summed E-state index contributed by atoms with van der Waals surface area (Å²) >= 11 is 12.3. The summed E-state index contributed by atoms with van der Waals surface area (Å²) in [4.78, 5) is 44.0. The molecule has 2 heterocycles. The first kappa shape index (κ1) is 26.5. The number of nitrogens with zero attached hydrogens (tertiary/aromatic N) is 2. The van der Waals surface area contributed by atoms with Crippen LogP contribution in [0.4, 0.5) is 11.4 Å². The van der Waals surface area contributed by atoms with Gasteiger partial charge in [0.1, 0.15) is 0 Å². The number of carbonyl (C=O) groups excluding carboxylic acids is 2. The first-order chi connectivity index (χ1) is 18.8. The second kappa shape index (κ2) is 11.3. The van der Waals surface area contributed by atoms with Gasteiger partial charge in [-0.2, -0.15) is 0 Å². The predicted octanol–water partition coefficient (Wildman–Crippen LogP) is 5.18. The van der Waals surface area contributed by atoms with Crippen molar-refractivity contribution >= 4 is 58.3 Å². The summed E-state index contributed by atoms with van der Waals surface area (Å²) in [5.41, 5.74) is 3.27. The quantitative estimate of drug-likeness (QED) is 0.313. The third kappa shape index (κ3) is 6.16. The zero-order chi connectivity index (χ0) is 27.5. The highest BCUT2D eigenvalue weighted by Crippen LogP contribution is 2.36. The van der Waals surface area contributed by atoms with Gasteiger partial charge in [-0.25, -0.2) is 0 Å². The fraction of sp³-hybridized carbons (Fsp3) is 0.214. The maximum absolute atomic E-state index is 13.4. The molecule has 0 fully saturated rings. The normalized spacial score (nSPS) is 15.2. The first-order valence-corrected chi connectivity index (χ1v) is 13.1. The SMILES string of the molecule is O=C(O)CC(c1cc(Cl)cc(Cl)c1)N1Cc2ccc(NC(=O)c3cccc(NC4=NCCCN4)c3)cc2C1=O. The molecule has 5 rings (SSSR count). The smallest absolute Gasteiger partial charge is 0.305 e. The molecule has 0 spiro atoms. The van der Waals surface area contributed by atoms with Gasteiger partial charge >= 0.3 is 5.97 Å². The number of hydrogen-bond donors (Lipinski definition) is 4. The standard InChI is InChI=1S/C28H25Cl2N5O4/c29-19-9-18(10-20(30)12-19)24(14-25(36)37)35-15-17-5-6-22(13-23(17)27(35)39)33-26(38)16-3-1-4-21(11-16)34-28-31-7-2-8-32-28/h1,3-6,9-13,24H,2,7-8,14-15H2,(H,33,38)(H,36,37)(H2,31,32,34). The molecule has 1 atom stereocenters. The van der Waals surface area contributed by atoms with Crippen molar-refractivity contribution in [2.75, 3.05) is 23.7 Å². The van der Waals surface area contributed by atoms with E-state index in [4.69, 9.17) is 23.2 Å². The molecule has 200 valence electrons. The van der Waals surface area contributed by atoms with Crippen molar-refractivity contribution in [1.29, 1.82) is 0 Å². The molecule has 0 saturated heterocycles. The van der Waals surface area contributed by atoms with E-state index in [-0.39, 0.29) is 24.8 Å². The minimum atomic E-state index is -1.06. The van der Waals surface area contributed by atoms with E-state index in [1.54, 1.807) is 54.6 Å². The molecule has 3 aromatic carbocycles. The summed E-state index contributed by atoms with van der Waals surface area (Å²) in [5, 5.41) is 19.5. The van der Waals surface area contributed by atoms with Crippen LogP contribution in [0.25, 0.3) is 0 Å². The van der Waals surface area contributed by atoms with Gasteiger partial charge in [-0.15, -0.1) is 0 Å². The number of carboxylic acids is 1. The average Bonchev–Trinajstić information content (AvgIpc) is 3.23. The molecule has 9 nitrogen and oxygen atoms in total. The largest absolute Gasteiger partial charge is 0.481 e. The molecule has 2 aliphatic heterocycles. The number of guanidine groups is 1. The minimum Gasteiger partial charge on any atom is -0.481 e. The predicted molar refractivity (Wildman–Crippen MR) is 151 cm³/mol. The Bertz CT molecular complexity index is 1470. The summed E-state index contributed by atoms with van der Waals surface area (Å²) < 4.78 is 0. The molecule has 0 aromatic heterocycles. The molecule has 3 aromatic rings. The van der Waals surface area contributed by atoms with Crippen LogP contribution in [-0.2, 0) is 11.3 Å². The van der Waals surface area contributed by atoms with Crippen molar-refractivity contribution in [2.45, 2.75) is 25.4 Å². The molecular formula is C28H25Cl2N5O4. The third-order valence-electron chi connectivity index (χ3n) is 6.50. The van der Waals surface area contributed by atoms with Gasteiger partial charge in [0.2, 0.25) is 0 Å². The molecule has 0 saturated carbocycles. The van der Waals surface area contributed by atoms with Crippen LogP contribution in [0.2, 0.25) is 10.0 Å². The molecule has 11 heteroatoms. The molecule has 1 unspecified atom stereocenters. The van der Waals surface area contributed by atoms with Crippen LogP contribution in [0.3, 0.4) is 0 Å². The molecule has 2 amide bonds. The summed E-state index contributed by atoms with van der Waals surface area (Å²) in [5.74, 6) is -1.07. The number of aliphatic carboxylic acids is 1. The number of halogens is 2. The van der Waals surface area contributed by atoms with Crippen LogP contribution in [0.1, 0.15) is 50.7 Å². The lowest BCUT2D eigenvalue weighted by Gasteiger charge is -2.27. The van der Waals surface area contributed by atoms with Crippen molar-refractivity contribution in [3.8, 4) is 0 Å². The average molecular weight is 566 g/mol. The Morgan fingerprint density at radius 1 is 1.05 bits per heavy atom. The Kier molecular flexibility index (Phi) is 7.72. The number of fused-ring (bicyclic) bond motifs is 1. The number of carboxylic acid groups (broad SMARTS) is 1. The van der Waals surface area contributed by atoms with Crippen molar-refractivity contribution in [2.24, 2.45) is 4.99 Å². The fourth-order valence-corrected chi connectivity index (χ4v) is 5.23. The first-order valence-electron chi connectivity index (χ1n) is 12.4. The van der Waals surface area contributed by atoms with Crippen molar-refractivity contribution in [3.05, 3.63) is 93.0 Å². The van der Waals surface area contributed by atoms with E-state index in [1.165, 1.54) is 4.90 Å². The van der Waals surface area contributed by atoms with Gasteiger partial charge in [0.05, 0.1) is 12.5 Å². The summed E-state index contributed by atoms with van der Waals surface area (Å²) in [7, 11) is 0. The van der Waals surface area contributed by atoms with Crippen LogP contribution >= 0.6 is 23.2 Å². The van der Waals surface area contributed by atoms with E-state index in [0.717, 1.165) is 30.8 Å². The highest BCUT2D eigenvalue weighted by molar-refractivity contribution is 6.34. The zero-order valence-corrected chi connectivity index (χ0v) is 22.2. The van der Waals surface area contributed by atoms with Crippen LogP contribution in [0.15, 0.2) is 65.7 Å². The number of aliphatic imine (C=N–C) groups is 1. The van der Waals surface area contributed by atoms with Crippen molar-refractivity contribution in [1.82, 2.24) is 10.2 Å². The lowest BCUT2D eigenvalue weighted by atomic mass is 10.0. The fourth-order valence-electron chi connectivity index (χ4n) is 4.69. The Morgan fingerprint density at radius 2 is 1.85 bits per heavy atom. The summed E-state index contributed by atoms with van der Waals surface area (Å²) in [6, 6.07) is 16.1. The molecule has 0 radical (unpaired) electrons. The number of rotatable bonds is 7. The van der Waals surface area contributed by atoms with Gasteiger partial charge in [0, 0.05) is 52.2 Å². The molecule has 4 N–H and O–H groups in total. The maximum Gasteiger partial charge on any atom is 0.305 e. The Morgan fingerprint density at radius 3 is 2.56 bits per heavy atom. The lowest BCUT2D eigenvalue weighted by molar-refractivity contribution is -0.138. The van der Waals surface area contributed by atoms with Crippen molar-refractivity contribution in [3.63, 3.8) is 0 Å². The molecular weight excluding hydrogens is 541 g/mol. The maximum atomic E-state index is 13.4. The Hall–Kier alpha value is -4.08.